The molecule has 0 amide bonds. The lowest BCUT2D eigenvalue weighted by Crippen LogP contribution is -2.32. The average Bonchev–Trinajstić information content (AvgIpc) is 2.62. The van der Waals surface area contributed by atoms with E-state index in [1.54, 1.807) is 0 Å². The van der Waals surface area contributed by atoms with Crippen molar-refractivity contribution in [2.75, 3.05) is 18.5 Å². The number of hydrogen-bond acceptors (Lipinski definition) is 5. The molecule has 1 fully saturated rings. The Morgan fingerprint density at radius 3 is 2.67 bits per heavy atom. The largest absolute Gasteiger partial charge is 0.379 e. The average molecular weight is 336 g/mol. The molecule has 1 aromatic heterocycles. The molecule has 2 rings (SSSR count). The summed E-state index contributed by atoms with van der Waals surface area (Å²) in [5.74, 6) is 1.72. The fourth-order valence-electron chi connectivity index (χ4n) is 2.77. The second kappa shape index (κ2) is 11.0. The van der Waals surface area contributed by atoms with E-state index in [-0.39, 0.29) is 11.6 Å². The molecule has 0 bridgehead atoms. The third-order valence-electron chi connectivity index (χ3n) is 4.29. The van der Waals surface area contributed by atoms with Crippen molar-refractivity contribution in [3.05, 3.63) is 21.7 Å². The maximum atomic E-state index is 12.2. The van der Waals surface area contributed by atoms with E-state index in [1.807, 2.05) is 13.8 Å². The quantitative estimate of drug-likeness (QED) is 0.666. The lowest BCUT2D eigenvalue weighted by Gasteiger charge is -2.24. The van der Waals surface area contributed by atoms with Crippen LogP contribution < -0.4 is 10.9 Å². The summed E-state index contributed by atoms with van der Waals surface area (Å²) in [5.41, 5.74) is 0.0454. The van der Waals surface area contributed by atoms with E-state index in [9.17, 15) is 4.79 Å². The molecule has 1 aromatic rings. The third kappa shape index (κ3) is 5.74. The highest BCUT2D eigenvalue weighted by Crippen LogP contribution is 2.17. The minimum Gasteiger partial charge on any atom is -0.379 e. The second-order valence-corrected chi connectivity index (χ2v) is 5.86. The van der Waals surface area contributed by atoms with Crippen molar-refractivity contribution in [2.24, 2.45) is 5.92 Å². The number of anilines is 1. The normalized spacial score (nSPS) is 17.1. The molecule has 3 N–H and O–H groups in total. The molecule has 1 unspecified atom stereocenters. The van der Waals surface area contributed by atoms with Crippen LogP contribution in [0.4, 0.5) is 5.82 Å². The summed E-state index contributed by atoms with van der Waals surface area (Å²) < 4.78 is 5.45. The van der Waals surface area contributed by atoms with Crippen LogP contribution in [0, 0.1) is 11.3 Å². The van der Waals surface area contributed by atoms with Crippen LogP contribution in [-0.2, 0) is 11.2 Å². The third-order valence-corrected chi connectivity index (χ3v) is 4.29. The van der Waals surface area contributed by atoms with Gasteiger partial charge in [-0.25, -0.2) is 4.98 Å². The van der Waals surface area contributed by atoms with E-state index in [0.29, 0.717) is 29.7 Å². The van der Waals surface area contributed by atoms with Crippen LogP contribution >= 0.6 is 0 Å². The monoisotopic (exact) mass is 336 g/mol. The molecule has 0 radical (unpaired) electrons. The summed E-state index contributed by atoms with van der Waals surface area (Å²) in [4.78, 5) is 19.5. The number of ether oxygens (including phenoxy) is 1. The fourth-order valence-corrected chi connectivity index (χ4v) is 2.77. The van der Waals surface area contributed by atoms with Crippen LogP contribution in [-0.4, -0.2) is 35.4 Å². The predicted octanol–water partition coefficient (Wildman–Crippen LogP) is 3.36. The zero-order chi connectivity index (χ0) is 17.9. The van der Waals surface area contributed by atoms with Crippen molar-refractivity contribution in [3.63, 3.8) is 0 Å². The molecule has 24 heavy (non-hydrogen) atoms. The van der Waals surface area contributed by atoms with Gasteiger partial charge in [-0.3, -0.25) is 4.79 Å². The van der Waals surface area contributed by atoms with Crippen LogP contribution in [0.2, 0.25) is 0 Å². The molecule has 1 aliphatic heterocycles. The van der Waals surface area contributed by atoms with E-state index in [0.717, 1.165) is 44.9 Å². The molecular weight excluding hydrogens is 304 g/mol. The maximum absolute atomic E-state index is 12.2. The van der Waals surface area contributed by atoms with Gasteiger partial charge in [0.05, 0.1) is 18.2 Å². The smallest absolute Gasteiger partial charge is 0.261 e. The molecule has 136 valence electrons. The van der Waals surface area contributed by atoms with Gasteiger partial charge in [0, 0.05) is 19.2 Å². The molecule has 2 heterocycles. The Morgan fingerprint density at radius 1 is 1.42 bits per heavy atom. The Bertz CT molecular complexity index is 546. The Balaban J connectivity index is 0.00000139. The highest BCUT2D eigenvalue weighted by atomic mass is 16.5. The van der Waals surface area contributed by atoms with E-state index in [1.165, 1.54) is 0 Å². The standard InChI is InChI=1S/C16H26N4O2.C2H6/c1-3-11(4-2)8-14-19-15(13(9-17)16(21)20-14)18-12-6-5-7-22-10-12;1-2/h9,11-12,17H,3-8,10H2,1-2H3,(H2,18,19,20,21);1-2H3. The molecule has 1 saturated heterocycles. The summed E-state index contributed by atoms with van der Waals surface area (Å²) in [6, 6.07) is 0.155. The summed E-state index contributed by atoms with van der Waals surface area (Å²) in [6.07, 6.45) is 5.95. The van der Waals surface area contributed by atoms with E-state index in [2.05, 4.69) is 29.1 Å². The van der Waals surface area contributed by atoms with E-state index >= 15 is 0 Å². The predicted molar refractivity (Wildman–Crippen MR) is 99.3 cm³/mol. The summed E-state index contributed by atoms with van der Waals surface area (Å²) in [6.45, 7) is 9.71. The molecule has 6 nitrogen and oxygen atoms in total. The second-order valence-electron chi connectivity index (χ2n) is 5.86. The highest BCUT2D eigenvalue weighted by molar-refractivity contribution is 5.83. The summed E-state index contributed by atoms with van der Waals surface area (Å²) in [5, 5.41) is 10.8. The van der Waals surface area contributed by atoms with Gasteiger partial charge in [0.15, 0.2) is 0 Å². The van der Waals surface area contributed by atoms with Crippen molar-refractivity contribution >= 4 is 12.0 Å². The van der Waals surface area contributed by atoms with Gasteiger partial charge in [-0.1, -0.05) is 40.5 Å². The van der Waals surface area contributed by atoms with Gasteiger partial charge >= 0.3 is 0 Å². The first kappa shape index (κ1) is 20.4. The number of nitrogens with zero attached hydrogens (tertiary/aromatic N) is 1. The fraction of sp³-hybridized carbons (Fsp3) is 0.722. The highest BCUT2D eigenvalue weighted by Gasteiger charge is 2.18. The van der Waals surface area contributed by atoms with Gasteiger partial charge in [-0.15, -0.1) is 0 Å². The number of aromatic nitrogens is 2. The zero-order valence-electron chi connectivity index (χ0n) is 15.4. The van der Waals surface area contributed by atoms with Gasteiger partial charge in [-0.2, -0.15) is 0 Å². The van der Waals surface area contributed by atoms with Crippen LogP contribution in [0.5, 0.6) is 0 Å². The lowest BCUT2D eigenvalue weighted by molar-refractivity contribution is 0.0875. The first-order valence-corrected chi connectivity index (χ1v) is 9.15. The van der Waals surface area contributed by atoms with Gasteiger partial charge in [0.25, 0.3) is 5.56 Å². The summed E-state index contributed by atoms with van der Waals surface area (Å²) in [7, 11) is 0. The summed E-state index contributed by atoms with van der Waals surface area (Å²) >= 11 is 0. The minimum absolute atomic E-state index is 0.155. The van der Waals surface area contributed by atoms with Crippen LogP contribution in [0.15, 0.2) is 4.79 Å². The topological polar surface area (TPSA) is 90.9 Å². The van der Waals surface area contributed by atoms with E-state index in [4.69, 9.17) is 10.1 Å². The number of H-pyrrole nitrogens is 1. The lowest BCUT2D eigenvalue weighted by atomic mass is 9.99. The van der Waals surface area contributed by atoms with Crippen LogP contribution in [0.1, 0.15) is 64.8 Å². The van der Waals surface area contributed by atoms with E-state index < -0.39 is 0 Å². The first-order valence-electron chi connectivity index (χ1n) is 9.15. The van der Waals surface area contributed by atoms with Gasteiger partial charge in [0.2, 0.25) is 0 Å². The molecule has 0 aliphatic carbocycles. The Hall–Kier alpha value is -1.69. The maximum Gasteiger partial charge on any atom is 0.261 e. The molecule has 0 spiro atoms. The Morgan fingerprint density at radius 2 is 2.12 bits per heavy atom. The van der Waals surface area contributed by atoms with Gasteiger partial charge < -0.3 is 20.4 Å². The Kier molecular flexibility index (Phi) is 9.30. The minimum atomic E-state index is -0.245. The van der Waals surface area contributed by atoms with Gasteiger partial charge in [-0.05, 0) is 18.8 Å². The molecule has 6 heteroatoms. The van der Waals surface area contributed by atoms with Crippen LogP contribution in [0.3, 0.4) is 0 Å². The van der Waals surface area contributed by atoms with Crippen molar-refractivity contribution in [2.45, 2.75) is 65.8 Å². The first-order chi connectivity index (χ1) is 11.7. The number of hydrogen-bond donors (Lipinski definition) is 3. The SMILES string of the molecule is CC.CCC(CC)Cc1nc(NC2CCCOC2)c(C=N)c(=O)[nH]1. The Labute approximate surface area is 144 Å². The molecule has 1 atom stereocenters. The molecule has 1 aliphatic rings. The van der Waals surface area contributed by atoms with Crippen molar-refractivity contribution in [1.82, 2.24) is 9.97 Å². The zero-order valence-corrected chi connectivity index (χ0v) is 15.4. The van der Waals surface area contributed by atoms with Crippen molar-refractivity contribution in [1.29, 1.82) is 5.41 Å². The van der Waals surface area contributed by atoms with Crippen molar-refractivity contribution < 1.29 is 4.74 Å². The molecule has 0 aromatic carbocycles. The number of aromatic amines is 1. The molecular formula is C18H32N4O2. The van der Waals surface area contributed by atoms with Crippen molar-refractivity contribution in [3.8, 4) is 0 Å². The van der Waals surface area contributed by atoms with Gasteiger partial charge in [0.1, 0.15) is 11.6 Å². The number of nitrogens with one attached hydrogen (secondary N) is 3. The van der Waals surface area contributed by atoms with Crippen LogP contribution in [0.25, 0.3) is 0 Å². The number of rotatable bonds is 7. The molecule has 0 saturated carbocycles.